The molecular weight excluding hydrogens is 224 g/mol. The number of nitrogens with zero attached hydrogens (tertiary/aromatic N) is 1. The van der Waals surface area contributed by atoms with Crippen LogP contribution in [-0.2, 0) is 4.79 Å². The monoisotopic (exact) mass is 244 g/mol. The van der Waals surface area contributed by atoms with Gasteiger partial charge in [0.2, 0.25) is 5.91 Å². The minimum Gasteiger partial charge on any atom is -0.341 e. The number of rotatable bonds is 4. The first-order chi connectivity index (χ1) is 8.83. The fourth-order valence-electron chi connectivity index (χ4n) is 2.61. The van der Waals surface area contributed by atoms with Crippen molar-refractivity contribution in [1.82, 2.24) is 10.2 Å². The van der Waals surface area contributed by atoms with Gasteiger partial charge in [-0.05, 0) is 24.8 Å². The number of hydrogen-bond acceptors (Lipinski definition) is 2. The lowest BCUT2D eigenvalue weighted by atomic mass is 9.99. The van der Waals surface area contributed by atoms with Crippen LogP contribution < -0.4 is 5.32 Å². The molecule has 1 amide bonds. The van der Waals surface area contributed by atoms with Gasteiger partial charge in [-0.2, -0.15) is 0 Å². The van der Waals surface area contributed by atoms with Crippen molar-refractivity contribution in [1.29, 1.82) is 0 Å². The van der Waals surface area contributed by atoms with Crippen molar-refractivity contribution >= 4 is 5.91 Å². The van der Waals surface area contributed by atoms with Crippen LogP contribution in [0, 0.1) is 0 Å². The van der Waals surface area contributed by atoms with E-state index in [9.17, 15) is 4.79 Å². The molecule has 0 aromatic heterocycles. The fourth-order valence-corrected chi connectivity index (χ4v) is 2.61. The highest BCUT2D eigenvalue weighted by molar-refractivity contribution is 5.78. The second-order valence-corrected chi connectivity index (χ2v) is 5.39. The summed E-state index contributed by atoms with van der Waals surface area (Å²) in [6.07, 6.45) is 3.57. The van der Waals surface area contributed by atoms with E-state index in [1.165, 1.54) is 18.4 Å². The molecule has 3 rings (SSSR count). The summed E-state index contributed by atoms with van der Waals surface area (Å²) in [6, 6.07) is 11.1. The third kappa shape index (κ3) is 2.72. The zero-order valence-electron chi connectivity index (χ0n) is 10.6. The molecule has 1 saturated heterocycles. The SMILES string of the molecule is O=C(CNC1CC1)N1CCC(c2ccccc2)C1. The first-order valence-corrected chi connectivity index (χ1v) is 6.89. The summed E-state index contributed by atoms with van der Waals surface area (Å²) < 4.78 is 0. The first kappa shape index (κ1) is 11.7. The van der Waals surface area contributed by atoms with Crippen molar-refractivity contribution in [3.8, 4) is 0 Å². The van der Waals surface area contributed by atoms with Crippen LogP contribution in [0.25, 0.3) is 0 Å². The Balaban J connectivity index is 1.52. The molecule has 2 aliphatic rings. The van der Waals surface area contributed by atoms with Crippen LogP contribution in [0.15, 0.2) is 30.3 Å². The van der Waals surface area contributed by atoms with Crippen LogP contribution in [0.4, 0.5) is 0 Å². The van der Waals surface area contributed by atoms with E-state index in [0.717, 1.165) is 19.5 Å². The normalized spacial score (nSPS) is 23.3. The molecule has 2 fully saturated rings. The maximum Gasteiger partial charge on any atom is 0.236 e. The van der Waals surface area contributed by atoms with E-state index in [1.54, 1.807) is 0 Å². The van der Waals surface area contributed by atoms with Gasteiger partial charge in [0.25, 0.3) is 0 Å². The Kier molecular flexibility index (Phi) is 3.33. The lowest BCUT2D eigenvalue weighted by molar-refractivity contribution is -0.129. The molecule has 1 aromatic rings. The molecule has 3 heteroatoms. The quantitative estimate of drug-likeness (QED) is 0.875. The standard InChI is InChI=1S/C15H20N2O/c18-15(10-16-14-6-7-14)17-9-8-13(11-17)12-4-2-1-3-5-12/h1-5,13-14,16H,6-11H2. The lowest BCUT2D eigenvalue weighted by Gasteiger charge is -2.17. The molecule has 1 heterocycles. The number of hydrogen-bond donors (Lipinski definition) is 1. The predicted molar refractivity (Wildman–Crippen MR) is 71.4 cm³/mol. The highest BCUT2D eigenvalue weighted by Gasteiger charge is 2.28. The molecule has 0 radical (unpaired) electrons. The largest absolute Gasteiger partial charge is 0.341 e. The maximum atomic E-state index is 12.0. The Labute approximate surface area is 108 Å². The van der Waals surface area contributed by atoms with E-state index in [1.807, 2.05) is 11.0 Å². The molecule has 18 heavy (non-hydrogen) atoms. The Bertz CT molecular complexity index is 414. The third-order valence-corrected chi connectivity index (χ3v) is 3.93. The minimum absolute atomic E-state index is 0.264. The van der Waals surface area contributed by atoms with Crippen LogP contribution in [0.2, 0.25) is 0 Å². The number of amides is 1. The molecule has 1 saturated carbocycles. The molecule has 1 atom stereocenters. The molecule has 1 N–H and O–H groups in total. The molecule has 1 aliphatic heterocycles. The van der Waals surface area contributed by atoms with Gasteiger partial charge >= 0.3 is 0 Å². The van der Waals surface area contributed by atoms with Gasteiger partial charge in [-0.15, -0.1) is 0 Å². The van der Waals surface area contributed by atoms with E-state index >= 15 is 0 Å². The summed E-state index contributed by atoms with van der Waals surface area (Å²) in [4.78, 5) is 14.0. The van der Waals surface area contributed by atoms with E-state index in [-0.39, 0.29) is 5.91 Å². The Morgan fingerprint density at radius 2 is 2.00 bits per heavy atom. The van der Waals surface area contributed by atoms with Gasteiger partial charge in [-0.25, -0.2) is 0 Å². The van der Waals surface area contributed by atoms with Crippen molar-refractivity contribution in [3.05, 3.63) is 35.9 Å². The summed E-state index contributed by atoms with van der Waals surface area (Å²) in [7, 11) is 0. The number of benzene rings is 1. The van der Waals surface area contributed by atoms with Gasteiger partial charge in [-0.3, -0.25) is 4.79 Å². The third-order valence-electron chi connectivity index (χ3n) is 3.93. The number of likely N-dealkylation sites (tertiary alicyclic amines) is 1. The fraction of sp³-hybridized carbons (Fsp3) is 0.533. The number of carbonyl (C=O) groups excluding carboxylic acids is 1. The second-order valence-electron chi connectivity index (χ2n) is 5.39. The molecule has 0 bridgehead atoms. The van der Waals surface area contributed by atoms with E-state index in [4.69, 9.17) is 0 Å². The van der Waals surface area contributed by atoms with Crippen molar-refractivity contribution in [2.75, 3.05) is 19.6 Å². The lowest BCUT2D eigenvalue weighted by Crippen LogP contribution is -2.37. The van der Waals surface area contributed by atoms with Crippen LogP contribution in [0.5, 0.6) is 0 Å². The first-order valence-electron chi connectivity index (χ1n) is 6.89. The van der Waals surface area contributed by atoms with Crippen molar-refractivity contribution < 1.29 is 4.79 Å². The molecule has 0 spiro atoms. The Hall–Kier alpha value is -1.35. The van der Waals surface area contributed by atoms with Gasteiger partial charge in [0.05, 0.1) is 6.54 Å². The molecule has 1 aliphatic carbocycles. The summed E-state index contributed by atoms with van der Waals surface area (Å²) in [5, 5.41) is 3.30. The average Bonchev–Trinajstić information content (AvgIpc) is 3.11. The zero-order chi connectivity index (χ0) is 12.4. The number of nitrogens with one attached hydrogen (secondary N) is 1. The predicted octanol–water partition coefficient (Wildman–Crippen LogP) is 1.75. The molecule has 3 nitrogen and oxygen atoms in total. The van der Waals surface area contributed by atoms with Crippen LogP contribution in [0.3, 0.4) is 0 Å². The topological polar surface area (TPSA) is 32.3 Å². The van der Waals surface area contributed by atoms with Gasteiger partial charge in [0, 0.05) is 25.0 Å². The second kappa shape index (κ2) is 5.11. The van der Waals surface area contributed by atoms with Crippen molar-refractivity contribution in [2.45, 2.75) is 31.2 Å². The summed E-state index contributed by atoms with van der Waals surface area (Å²) >= 11 is 0. The average molecular weight is 244 g/mol. The van der Waals surface area contributed by atoms with E-state index < -0.39 is 0 Å². The van der Waals surface area contributed by atoms with Gasteiger partial charge in [-0.1, -0.05) is 30.3 Å². The molecule has 1 unspecified atom stereocenters. The minimum atomic E-state index is 0.264. The summed E-state index contributed by atoms with van der Waals surface area (Å²) in [6.45, 7) is 2.31. The van der Waals surface area contributed by atoms with E-state index in [2.05, 4.69) is 29.6 Å². The maximum absolute atomic E-state index is 12.0. The van der Waals surface area contributed by atoms with Gasteiger partial charge in [0.15, 0.2) is 0 Å². The van der Waals surface area contributed by atoms with Gasteiger partial charge < -0.3 is 10.2 Å². The van der Waals surface area contributed by atoms with Crippen molar-refractivity contribution in [3.63, 3.8) is 0 Å². The van der Waals surface area contributed by atoms with Crippen LogP contribution in [0.1, 0.15) is 30.7 Å². The Morgan fingerprint density at radius 1 is 1.22 bits per heavy atom. The van der Waals surface area contributed by atoms with Gasteiger partial charge in [0.1, 0.15) is 0 Å². The number of carbonyl (C=O) groups is 1. The molecule has 1 aromatic carbocycles. The van der Waals surface area contributed by atoms with Crippen LogP contribution >= 0.6 is 0 Å². The summed E-state index contributed by atoms with van der Waals surface area (Å²) in [5.41, 5.74) is 1.36. The van der Waals surface area contributed by atoms with E-state index in [0.29, 0.717) is 18.5 Å². The highest BCUT2D eigenvalue weighted by Crippen LogP contribution is 2.27. The molecular formula is C15H20N2O. The zero-order valence-corrected chi connectivity index (χ0v) is 10.6. The Morgan fingerprint density at radius 3 is 2.72 bits per heavy atom. The molecule has 96 valence electrons. The highest BCUT2D eigenvalue weighted by atomic mass is 16.2. The van der Waals surface area contributed by atoms with Crippen LogP contribution in [-0.4, -0.2) is 36.5 Å². The van der Waals surface area contributed by atoms with Crippen molar-refractivity contribution in [2.24, 2.45) is 0 Å². The smallest absolute Gasteiger partial charge is 0.236 e. The summed E-state index contributed by atoms with van der Waals surface area (Å²) in [5.74, 6) is 0.788.